The van der Waals surface area contributed by atoms with Gasteiger partial charge < -0.3 is 10.0 Å². The van der Waals surface area contributed by atoms with Crippen molar-refractivity contribution in [3.05, 3.63) is 24.2 Å². The van der Waals surface area contributed by atoms with Gasteiger partial charge in [-0.15, -0.1) is 0 Å². The lowest BCUT2D eigenvalue weighted by atomic mass is 10.1. The Morgan fingerprint density at radius 1 is 1.60 bits per heavy atom. The molecule has 1 N–H and O–H groups in total. The van der Waals surface area contributed by atoms with E-state index in [1.807, 2.05) is 0 Å². The molecule has 0 unspecified atom stereocenters. The van der Waals surface area contributed by atoms with Crippen LogP contribution in [0.4, 0.5) is 0 Å². The average molecular weight is 210 g/mol. The molecule has 0 atom stereocenters. The number of aliphatic hydroxyl groups is 1. The molecule has 1 aliphatic heterocycles. The van der Waals surface area contributed by atoms with Crippen molar-refractivity contribution in [2.75, 3.05) is 20.2 Å². The Bertz CT molecular complexity index is 347. The highest BCUT2D eigenvalue weighted by Gasteiger charge is 2.28. The van der Waals surface area contributed by atoms with Gasteiger partial charge in [0.2, 0.25) is 0 Å². The molecule has 5 heteroatoms. The minimum atomic E-state index is -0.360. The maximum Gasteiger partial charge on any atom is 0.264 e. The Labute approximate surface area is 88.3 Å². The Hall–Kier alpha value is -1.62. The first kappa shape index (κ1) is 11.5. The number of β-amino-alcohol motifs (C(OH)–C–C–N with tert-alkyl or cyclic N) is 1. The second kappa shape index (κ2) is 4.27. The number of hydrogen-bond donors (Lipinski definition) is 1. The summed E-state index contributed by atoms with van der Waals surface area (Å²) in [7, 11) is 1.55. The standard InChI is InChI=1S/C10H14N2O3/c1-7(14)9-6-12(4-5-13)8(2)11(3)10(9)15/h6,13H,2,4-5H2,1,3H3. The number of amides is 1. The van der Waals surface area contributed by atoms with Crippen LogP contribution in [0.25, 0.3) is 0 Å². The summed E-state index contributed by atoms with van der Waals surface area (Å²) in [5.41, 5.74) is 0.110. The second-order valence-electron chi connectivity index (χ2n) is 3.30. The van der Waals surface area contributed by atoms with Crippen LogP contribution in [0.3, 0.4) is 0 Å². The van der Waals surface area contributed by atoms with Crippen LogP contribution in [-0.2, 0) is 9.59 Å². The second-order valence-corrected chi connectivity index (χ2v) is 3.30. The highest BCUT2D eigenvalue weighted by Crippen LogP contribution is 2.18. The number of ketones is 1. The monoisotopic (exact) mass is 210 g/mol. The van der Waals surface area contributed by atoms with Gasteiger partial charge in [-0.2, -0.15) is 0 Å². The van der Waals surface area contributed by atoms with E-state index < -0.39 is 0 Å². The van der Waals surface area contributed by atoms with Crippen molar-refractivity contribution in [2.45, 2.75) is 6.92 Å². The molecular formula is C10H14N2O3. The van der Waals surface area contributed by atoms with Crippen molar-refractivity contribution >= 4 is 11.7 Å². The van der Waals surface area contributed by atoms with E-state index in [1.54, 1.807) is 11.9 Å². The summed E-state index contributed by atoms with van der Waals surface area (Å²) in [6, 6.07) is 0. The van der Waals surface area contributed by atoms with Crippen LogP contribution in [0.15, 0.2) is 24.2 Å². The summed E-state index contributed by atoms with van der Waals surface area (Å²) >= 11 is 0. The number of carbonyl (C=O) groups is 2. The van der Waals surface area contributed by atoms with Crippen molar-refractivity contribution in [2.24, 2.45) is 0 Å². The van der Waals surface area contributed by atoms with Crippen LogP contribution in [0.1, 0.15) is 6.92 Å². The Morgan fingerprint density at radius 3 is 2.67 bits per heavy atom. The predicted molar refractivity (Wildman–Crippen MR) is 54.5 cm³/mol. The molecule has 0 saturated carbocycles. The van der Waals surface area contributed by atoms with Gasteiger partial charge in [-0.1, -0.05) is 6.58 Å². The molecule has 0 aliphatic carbocycles. The summed E-state index contributed by atoms with van der Waals surface area (Å²) in [4.78, 5) is 25.7. The lowest BCUT2D eigenvalue weighted by Crippen LogP contribution is -2.41. The number of Topliss-reactive ketones (excluding diaryl/α,β-unsaturated/α-hetero) is 1. The van der Waals surface area contributed by atoms with Crippen LogP contribution < -0.4 is 0 Å². The zero-order chi connectivity index (χ0) is 11.6. The molecular weight excluding hydrogens is 196 g/mol. The summed E-state index contributed by atoms with van der Waals surface area (Å²) in [6.45, 7) is 5.29. The fourth-order valence-electron chi connectivity index (χ4n) is 1.32. The molecule has 1 aliphatic rings. The molecule has 1 rings (SSSR count). The molecule has 5 nitrogen and oxygen atoms in total. The van der Waals surface area contributed by atoms with Crippen LogP contribution in [0.5, 0.6) is 0 Å². The predicted octanol–water partition coefficient (Wildman–Crippen LogP) is -0.303. The van der Waals surface area contributed by atoms with Crippen molar-refractivity contribution in [3.8, 4) is 0 Å². The molecule has 1 amide bonds. The van der Waals surface area contributed by atoms with E-state index in [4.69, 9.17) is 5.11 Å². The van der Waals surface area contributed by atoms with Gasteiger partial charge in [0.1, 0.15) is 5.82 Å². The van der Waals surface area contributed by atoms with Crippen LogP contribution in [0, 0.1) is 0 Å². The molecule has 0 aromatic heterocycles. The summed E-state index contributed by atoms with van der Waals surface area (Å²) in [5.74, 6) is -0.192. The van der Waals surface area contributed by atoms with Crippen molar-refractivity contribution < 1.29 is 14.7 Å². The van der Waals surface area contributed by atoms with Gasteiger partial charge in [0.15, 0.2) is 5.78 Å². The Kier molecular flexibility index (Phi) is 3.26. The molecule has 1 heterocycles. The number of rotatable bonds is 3. The van der Waals surface area contributed by atoms with Crippen LogP contribution >= 0.6 is 0 Å². The summed E-state index contributed by atoms with van der Waals surface area (Å²) < 4.78 is 0. The van der Waals surface area contributed by atoms with Gasteiger partial charge in [0, 0.05) is 19.8 Å². The van der Waals surface area contributed by atoms with E-state index >= 15 is 0 Å². The summed E-state index contributed by atoms with van der Waals surface area (Å²) in [5, 5.41) is 8.81. The van der Waals surface area contributed by atoms with Gasteiger partial charge in [-0.05, 0) is 6.92 Å². The molecule has 0 saturated heterocycles. The van der Waals surface area contributed by atoms with E-state index in [9.17, 15) is 9.59 Å². The van der Waals surface area contributed by atoms with E-state index in [-0.39, 0.29) is 23.9 Å². The third-order valence-corrected chi connectivity index (χ3v) is 2.26. The van der Waals surface area contributed by atoms with E-state index in [2.05, 4.69) is 6.58 Å². The van der Waals surface area contributed by atoms with Gasteiger partial charge in [-0.3, -0.25) is 14.5 Å². The number of carbonyl (C=O) groups excluding carboxylic acids is 2. The zero-order valence-electron chi connectivity index (χ0n) is 8.86. The number of nitrogens with zero attached hydrogens (tertiary/aromatic N) is 2. The lowest BCUT2D eigenvalue weighted by Gasteiger charge is -2.33. The molecule has 0 radical (unpaired) electrons. The third kappa shape index (κ3) is 2.07. The van der Waals surface area contributed by atoms with E-state index in [1.165, 1.54) is 18.0 Å². The quantitative estimate of drug-likeness (QED) is 0.649. The molecule has 15 heavy (non-hydrogen) atoms. The van der Waals surface area contributed by atoms with Crippen LogP contribution in [0.2, 0.25) is 0 Å². The fraction of sp³-hybridized carbons (Fsp3) is 0.400. The van der Waals surface area contributed by atoms with Gasteiger partial charge in [-0.25, -0.2) is 0 Å². The first-order valence-corrected chi connectivity index (χ1v) is 4.56. The molecule has 82 valence electrons. The highest BCUT2D eigenvalue weighted by atomic mass is 16.3. The number of aliphatic hydroxyl groups excluding tert-OH is 1. The maximum absolute atomic E-state index is 11.6. The minimum absolute atomic E-state index is 0.0667. The fourth-order valence-corrected chi connectivity index (χ4v) is 1.32. The average Bonchev–Trinajstić information content (AvgIpc) is 2.18. The highest BCUT2D eigenvalue weighted by molar-refractivity contribution is 6.19. The van der Waals surface area contributed by atoms with Gasteiger partial charge >= 0.3 is 0 Å². The minimum Gasteiger partial charge on any atom is -0.395 e. The number of hydrogen-bond acceptors (Lipinski definition) is 4. The summed E-state index contributed by atoms with van der Waals surface area (Å²) in [6.07, 6.45) is 1.43. The molecule has 0 aromatic rings. The lowest BCUT2D eigenvalue weighted by molar-refractivity contribution is -0.128. The smallest absolute Gasteiger partial charge is 0.264 e. The Balaban J connectivity index is 3.06. The van der Waals surface area contributed by atoms with Gasteiger partial charge in [0.05, 0.1) is 12.2 Å². The molecule has 0 fully saturated rings. The van der Waals surface area contributed by atoms with Crippen molar-refractivity contribution in [1.29, 1.82) is 0 Å². The molecule has 0 bridgehead atoms. The maximum atomic E-state index is 11.6. The van der Waals surface area contributed by atoms with Crippen LogP contribution in [-0.4, -0.2) is 46.8 Å². The van der Waals surface area contributed by atoms with E-state index in [0.29, 0.717) is 12.4 Å². The third-order valence-electron chi connectivity index (χ3n) is 2.26. The number of likely N-dealkylation sites (N-methyl/N-ethyl adjacent to an activating group) is 1. The normalized spacial score (nSPS) is 16.9. The van der Waals surface area contributed by atoms with Gasteiger partial charge in [0.25, 0.3) is 5.91 Å². The van der Waals surface area contributed by atoms with E-state index in [0.717, 1.165) is 0 Å². The molecule has 0 aromatic carbocycles. The Morgan fingerprint density at radius 2 is 2.20 bits per heavy atom. The zero-order valence-corrected chi connectivity index (χ0v) is 8.86. The SMILES string of the molecule is C=C1N(CCO)C=C(C(C)=O)C(=O)N1C. The van der Waals surface area contributed by atoms with Crippen molar-refractivity contribution in [3.63, 3.8) is 0 Å². The molecule has 0 spiro atoms. The topological polar surface area (TPSA) is 60.9 Å². The largest absolute Gasteiger partial charge is 0.395 e. The first-order chi connectivity index (χ1) is 6.99. The first-order valence-electron chi connectivity index (χ1n) is 4.56. The van der Waals surface area contributed by atoms with Crippen molar-refractivity contribution in [1.82, 2.24) is 9.80 Å².